The Kier molecular flexibility index (Phi) is 3.94. The van der Waals surface area contributed by atoms with Gasteiger partial charge in [-0.15, -0.1) is 0 Å². The van der Waals surface area contributed by atoms with E-state index in [9.17, 15) is 4.79 Å². The molecule has 0 aliphatic heterocycles. The van der Waals surface area contributed by atoms with Gasteiger partial charge in [0.15, 0.2) is 0 Å². The molecule has 2 rings (SSSR count). The summed E-state index contributed by atoms with van der Waals surface area (Å²) < 4.78 is 6.06. The van der Waals surface area contributed by atoms with Gasteiger partial charge in [-0.05, 0) is 51.8 Å². The van der Waals surface area contributed by atoms with E-state index in [4.69, 9.17) is 9.84 Å². The molecule has 1 aromatic carbocycles. The minimum absolute atomic E-state index is 0.183. The maximum Gasteiger partial charge on any atom is 0.336 e. The second kappa shape index (κ2) is 5.64. The molecule has 0 atom stereocenters. The standard InChI is InChI=1S/C13H10BrNO3/c14-12-2-1-10(7-11(12)13(16)17)18-8-9-3-5-15-6-4-9/h1-7H,8H2,(H,16,17). The van der Waals surface area contributed by atoms with E-state index < -0.39 is 5.97 Å². The van der Waals surface area contributed by atoms with Crippen molar-refractivity contribution in [3.63, 3.8) is 0 Å². The van der Waals surface area contributed by atoms with Crippen molar-refractivity contribution >= 4 is 21.9 Å². The topological polar surface area (TPSA) is 59.4 Å². The van der Waals surface area contributed by atoms with Crippen LogP contribution in [-0.4, -0.2) is 16.1 Å². The molecule has 4 nitrogen and oxygen atoms in total. The van der Waals surface area contributed by atoms with Gasteiger partial charge < -0.3 is 9.84 Å². The Bertz CT molecular complexity index is 557. The van der Waals surface area contributed by atoms with Crippen LogP contribution < -0.4 is 4.74 Å². The molecule has 0 spiro atoms. The van der Waals surface area contributed by atoms with Crippen LogP contribution in [0.1, 0.15) is 15.9 Å². The molecule has 0 saturated carbocycles. The fraction of sp³-hybridized carbons (Fsp3) is 0.0769. The summed E-state index contributed by atoms with van der Waals surface area (Å²) in [5.74, 6) is -0.469. The molecule has 2 aromatic rings. The molecular weight excluding hydrogens is 298 g/mol. The second-order valence-electron chi connectivity index (χ2n) is 3.59. The number of carbonyl (C=O) groups is 1. The number of carboxylic acids is 1. The summed E-state index contributed by atoms with van der Waals surface area (Å²) >= 11 is 3.18. The first-order valence-corrected chi connectivity index (χ1v) is 6.00. The maximum atomic E-state index is 11.0. The zero-order chi connectivity index (χ0) is 13.0. The molecule has 0 amide bonds. The highest BCUT2D eigenvalue weighted by Gasteiger charge is 2.09. The van der Waals surface area contributed by atoms with Crippen molar-refractivity contribution in [2.24, 2.45) is 0 Å². The Morgan fingerprint density at radius 1 is 1.28 bits per heavy atom. The Labute approximate surface area is 112 Å². The summed E-state index contributed by atoms with van der Waals surface area (Å²) in [5, 5.41) is 8.98. The van der Waals surface area contributed by atoms with Crippen molar-refractivity contribution in [3.05, 3.63) is 58.3 Å². The van der Waals surface area contributed by atoms with Gasteiger partial charge in [0.1, 0.15) is 12.4 Å². The number of hydrogen-bond acceptors (Lipinski definition) is 3. The Balaban J connectivity index is 2.11. The van der Waals surface area contributed by atoms with Crippen LogP contribution in [0.15, 0.2) is 47.2 Å². The third-order valence-corrected chi connectivity index (χ3v) is 3.01. The van der Waals surface area contributed by atoms with Crippen molar-refractivity contribution < 1.29 is 14.6 Å². The number of ether oxygens (including phenoxy) is 1. The molecule has 18 heavy (non-hydrogen) atoms. The van der Waals surface area contributed by atoms with Gasteiger partial charge in [0.2, 0.25) is 0 Å². The number of hydrogen-bond donors (Lipinski definition) is 1. The maximum absolute atomic E-state index is 11.0. The van der Waals surface area contributed by atoms with Crippen molar-refractivity contribution in [1.82, 2.24) is 4.98 Å². The Morgan fingerprint density at radius 2 is 2.00 bits per heavy atom. The molecule has 1 heterocycles. The Morgan fingerprint density at radius 3 is 2.67 bits per heavy atom. The fourth-order valence-corrected chi connectivity index (χ4v) is 1.82. The summed E-state index contributed by atoms with van der Waals surface area (Å²) in [7, 11) is 0. The van der Waals surface area contributed by atoms with E-state index in [-0.39, 0.29) is 5.56 Å². The smallest absolute Gasteiger partial charge is 0.336 e. The predicted octanol–water partition coefficient (Wildman–Crippen LogP) is 3.12. The average molecular weight is 308 g/mol. The van der Waals surface area contributed by atoms with Gasteiger partial charge >= 0.3 is 5.97 Å². The van der Waals surface area contributed by atoms with Crippen molar-refractivity contribution in [3.8, 4) is 5.75 Å². The van der Waals surface area contributed by atoms with Gasteiger partial charge in [0.25, 0.3) is 0 Å². The average Bonchev–Trinajstić information content (AvgIpc) is 2.38. The molecule has 0 radical (unpaired) electrons. The lowest BCUT2D eigenvalue weighted by atomic mass is 10.2. The van der Waals surface area contributed by atoms with E-state index in [2.05, 4.69) is 20.9 Å². The van der Waals surface area contributed by atoms with E-state index >= 15 is 0 Å². The number of aromatic carboxylic acids is 1. The van der Waals surface area contributed by atoms with Crippen molar-refractivity contribution in [2.45, 2.75) is 6.61 Å². The molecular formula is C13H10BrNO3. The van der Waals surface area contributed by atoms with Gasteiger partial charge in [0.05, 0.1) is 5.56 Å². The van der Waals surface area contributed by atoms with Crippen LogP contribution in [0.3, 0.4) is 0 Å². The summed E-state index contributed by atoms with van der Waals surface area (Å²) in [5.41, 5.74) is 1.16. The fourth-order valence-electron chi connectivity index (χ4n) is 1.40. The zero-order valence-corrected chi connectivity index (χ0v) is 10.9. The summed E-state index contributed by atoms with van der Waals surface area (Å²) in [6.07, 6.45) is 3.37. The van der Waals surface area contributed by atoms with Crippen LogP contribution in [0, 0.1) is 0 Å². The first-order valence-electron chi connectivity index (χ1n) is 5.21. The lowest BCUT2D eigenvalue weighted by Crippen LogP contribution is -2.00. The quantitative estimate of drug-likeness (QED) is 0.943. The largest absolute Gasteiger partial charge is 0.489 e. The lowest BCUT2D eigenvalue weighted by Gasteiger charge is -2.07. The van der Waals surface area contributed by atoms with E-state index in [1.165, 1.54) is 6.07 Å². The molecule has 1 N–H and O–H groups in total. The number of carboxylic acid groups (broad SMARTS) is 1. The first kappa shape index (κ1) is 12.6. The summed E-state index contributed by atoms with van der Waals surface area (Å²) in [6.45, 7) is 0.378. The van der Waals surface area contributed by atoms with E-state index in [1.807, 2.05) is 12.1 Å². The predicted molar refractivity (Wildman–Crippen MR) is 69.7 cm³/mol. The summed E-state index contributed by atoms with van der Waals surface area (Å²) in [4.78, 5) is 14.9. The third kappa shape index (κ3) is 3.07. The molecule has 1 aromatic heterocycles. The van der Waals surface area contributed by atoms with Crippen LogP contribution in [0.2, 0.25) is 0 Å². The van der Waals surface area contributed by atoms with E-state index in [1.54, 1.807) is 24.5 Å². The van der Waals surface area contributed by atoms with Crippen LogP contribution in [0.5, 0.6) is 5.75 Å². The van der Waals surface area contributed by atoms with Gasteiger partial charge in [-0.1, -0.05) is 0 Å². The van der Waals surface area contributed by atoms with E-state index in [0.29, 0.717) is 16.8 Å². The molecule has 0 aliphatic carbocycles. The van der Waals surface area contributed by atoms with Crippen molar-refractivity contribution in [1.29, 1.82) is 0 Å². The van der Waals surface area contributed by atoms with Crippen LogP contribution in [0.25, 0.3) is 0 Å². The van der Waals surface area contributed by atoms with Gasteiger partial charge in [0, 0.05) is 16.9 Å². The lowest BCUT2D eigenvalue weighted by molar-refractivity contribution is 0.0695. The second-order valence-corrected chi connectivity index (χ2v) is 4.45. The molecule has 0 bridgehead atoms. The zero-order valence-electron chi connectivity index (χ0n) is 9.34. The Hall–Kier alpha value is -1.88. The van der Waals surface area contributed by atoms with Gasteiger partial charge in [-0.2, -0.15) is 0 Å². The molecule has 0 fully saturated rings. The monoisotopic (exact) mass is 307 g/mol. The van der Waals surface area contributed by atoms with Crippen molar-refractivity contribution in [2.75, 3.05) is 0 Å². The minimum Gasteiger partial charge on any atom is -0.489 e. The summed E-state index contributed by atoms with van der Waals surface area (Å²) in [6, 6.07) is 8.56. The number of benzene rings is 1. The minimum atomic E-state index is -0.990. The highest BCUT2D eigenvalue weighted by Crippen LogP contribution is 2.23. The SMILES string of the molecule is O=C(O)c1cc(OCc2ccncc2)ccc1Br. The van der Waals surface area contributed by atoms with Crippen LogP contribution >= 0.6 is 15.9 Å². The third-order valence-electron chi connectivity index (χ3n) is 2.32. The molecule has 0 saturated heterocycles. The number of nitrogens with zero attached hydrogens (tertiary/aromatic N) is 1. The number of pyridine rings is 1. The highest BCUT2D eigenvalue weighted by molar-refractivity contribution is 9.10. The van der Waals surface area contributed by atoms with Gasteiger partial charge in [-0.25, -0.2) is 4.79 Å². The number of aromatic nitrogens is 1. The molecule has 0 aliphatic rings. The highest BCUT2D eigenvalue weighted by atomic mass is 79.9. The number of halogens is 1. The van der Waals surface area contributed by atoms with Crippen LogP contribution in [-0.2, 0) is 6.61 Å². The molecule has 92 valence electrons. The van der Waals surface area contributed by atoms with Gasteiger partial charge in [-0.3, -0.25) is 4.98 Å². The normalized spacial score (nSPS) is 10.1. The molecule has 5 heteroatoms. The molecule has 0 unspecified atom stereocenters. The first-order chi connectivity index (χ1) is 8.66. The number of rotatable bonds is 4. The van der Waals surface area contributed by atoms with Crippen LogP contribution in [0.4, 0.5) is 0 Å². The van der Waals surface area contributed by atoms with E-state index in [0.717, 1.165) is 5.56 Å².